The molecule has 1 fully saturated rings. The average Bonchev–Trinajstić information content (AvgIpc) is 2.20. The van der Waals surface area contributed by atoms with Gasteiger partial charge in [-0.15, -0.1) is 0 Å². The molecule has 0 spiro atoms. The number of hydrogen-bond acceptors (Lipinski definition) is 3. The molecule has 16 heavy (non-hydrogen) atoms. The van der Waals surface area contributed by atoms with E-state index < -0.39 is 0 Å². The van der Waals surface area contributed by atoms with Gasteiger partial charge in [0.1, 0.15) is 0 Å². The molecule has 96 valence electrons. The van der Waals surface area contributed by atoms with Crippen molar-refractivity contribution in [2.24, 2.45) is 5.41 Å². The molecule has 3 heteroatoms. The molecular formula is C13H28N2O. The summed E-state index contributed by atoms with van der Waals surface area (Å²) in [4.78, 5) is 2.40. The Morgan fingerprint density at radius 2 is 2.00 bits per heavy atom. The molecule has 3 nitrogen and oxygen atoms in total. The zero-order valence-corrected chi connectivity index (χ0v) is 11.4. The molecule has 0 bridgehead atoms. The predicted molar refractivity (Wildman–Crippen MR) is 68.8 cm³/mol. The fraction of sp³-hybridized carbons (Fsp3) is 1.00. The van der Waals surface area contributed by atoms with Crippen LogP contribution in [0.15, 0.2) is 0 Å². The van der Waals surface area contributed by atoms with Crippen LogP contribution in [0.25, 0.3) is 0 Å². The molecule has 0 aromatic rings. The van der Waals surface area contributed by atoms with Crippen LogP contribution in [0.1, 0.15) is 33.6 Å². The van der Waals surface area contributed by atoms with Crippen molar-refractivity contribution in [2.45, 2.75) is 39.7 Å². The standard InChI is InChI=1S/C13H28N2O/c1-12(2)15(4)8-6-5-7-14-9-13(3)10-16-11-13/h12,14H,5-11H2,1-4H3. The van der Waals surface area contributed by atoms with E-state index in [4.69, 9.17) is 4.74 Å². The third-order valence-electron chi connectivity index (χ3n) is 3.45. The second-order valence-corrected chi connectivity index (χ2v) is 5.76. The normalized spacial score (nSPS) is 19.1. The molecule has 1 N–H and O–H groups in total. The Bertz CT molecular complexity index is 190. The Kier molecular flexibility index (Phi) is 5.73. The van der Waals surface area contributed by atoms with E-state index in [1.165, 1.54) is 19.4 Å². The smallest absolute Gasteiger partial charge is 0.0554 e. The van der Waals surface area contributed by atoms with Crippen molar-refractivity contribution in [3.63, 3.8) is 0 Å². The first-order chi connectivity index (χ1) is 7.53. The summed E-state index contributed by atoms with van der Waals surface area (Å²) in [5.41, 5.74) is 0.411. The summed E-state index contributed by atoms with van der Waals surface area (Å²) in [7, 11) is 2.20. The van der Waals surface area contributed by atoms with E-state index in [9.17, 15) is 0 Å². The highest BCUT2D eigenvalue weighted by Gasteiger charge is 2.32. The molecule has 1 rings (SSSR count). The van der Waals surface area contributed by atoms with E-state index >= 15 is 0 Å². The topological polar surface area (TPSA) is 24.5 Å². The van der Waals surface area contributed by atoms with Crippen molar-refractivity contribution in [2.75, 3.05) is 39.9 Å². The minimum atomic E-state index is 0.411. The highest BCUT2D eigenvalue weighted by atomic mass is 16.5. The largest absolute Gasteiger partial charge is 0.380 e. The van der Waals surface area contributed by atoms with Gasteiger partial charge < -0.3 is 15.0 Å². The minimum Gasteiger partial charge on any atom is -0.380 e. The van der Waals surface area contributed by atoms with E-state index in [0.717, 1.165) is 26.3 Å². The number of hydrogen-bond donors (Lipinski definition) is 1. The lowest BCUT2D eigenvalue weighted by molar-refractivity contribution is -0.0989. The van der Waals surface area contributed by atoms with Crippen LogP contribution >= 0.6 is 0 Å². The Balaban J connectivity index is 1.88. The summed E-state index contributed by atoms with van der Waals surface area (Å²) in [6.07, 6.45) is 2.56. The van der Waals surface area contributed by atoms with Gasteiger partial charge in [0, 0.05) is 18.0 Å². The molecule has 0 atom stereocenters. The van der Waals surface area contributed by atoms with Crippen molar-refractivity contribution < 1.29 is 4.74 Å². The van der Waals surface area contributed by atoms with Crippen LogP contribution in [0.5, 0.6) is 0 Å². The monoisotopic (exact) mass is 228 g/mol. The summed E-state index contributed by atoms with van der Waals surface area (Å²) in [6.45, 7) is 12.1. The van der Waals surface area contributed by atoms with Gasteiger partial charge in [-0.05, 0) is 46.8 Å². The van der Waals surface area contributed by atoms with Crippen LogP contribution in [-0.4, -0.2) is 50.8 Å². The Morgan fingerprint density at radius 3 is 2.50 bits per heavy atom. The maximum absolute atomic E-state index is 5.23. The maximum atomic E-state index is 5.23. The molecule has 0 unspecified atom stereocenters. The number of unbranched alkanes of at least 4 members (excludes halogenated alkanes) is 1. The van der Waals surface area contributed by atoms with E-state index in [1.54, 1.807) is 0 Å². The number of rotatable bonds is 8. The summed E-state index contributed by atoms with van der Waals surface area (Å²) in [6, 6.07) is 0.666. The van der Waals surface area contributed by atoms with Crippen LogP contribution in [0.2, 0.25) is 0 Å². The summed E-state index contributed by atoms with van der Waals surface area (Å²) < 4.78 is 5.23. The van der Waals surface area contributed by atoms with Crippen molar-refractivity contribution in [1.82, 2.24) is 10.2 Å². The van der Waals surface area contributed by atoms with Gasteiger partial charge >= 0.3 is 0 Å². The SMILES string of the molecule is CC(C)N(C)CCCCNCC1(C)COC1. The summed E-state index contributed by atoms with van der Waals surface area (Å²) >= 11 is 0. The summed E-state index contributed by atoms with van der Waals surface area (Å²) in [5.74, 6) is 0. The van der Waals surface area contributed by atoms with Crippen molar-refractivity contribution in [3.8, 4) is 0 Å². The highest BCUT2D eigenvalue weighted by Crippen LogP contribution is 2.24. The van der Waals surface area contributed by atoms with Crippen molar-refractivity contribution in [1.29, 1.82) is 0 Å². The molecule has 0 saturated carbocycles. The highest BCUT2D eigenvalue weighted by molar-refractivity contribution is 4.82. The fourth-order valence-corrected chi connectivity index (χ4v) is 1.81. The first-order valence-electron chi connectivity index (χ1n) is 6.52. The molecule has 1 heterocycles. The summed E-state index contributed by atoms with van der Waals surface area (Å²) in [5, 5.41) is 3.53. The van der Waals surface area contributed by atoms with E-state index in [0.29, 0.717) is 11.5 Å². The molecule has 0 aromatic carbocycles. The van der Waals surface area contributed by atoms with Gasteiger partial charge in [-0.3, -0.25) is 0 Å². The molecule has 1 aliphatic rings. The second-order valence-electron chi connectivity index (χ2n) is 5.76. The van der Waals surface area contributed by atoms with Gasteiger partial charge in [0.05, 0.1) is 13.2 Å². The molecule has 0 radical (unpaired) electrons. The van der Waals surface area contributed by atoms with Gasteiger partial charge in [0.2, 0.25) is 0 Å². The maximum Gasteiger partial charge on any atom is 0.0554 e. The molecular weight excluding hydrogens is 200 g/mol. The Hall–Kier alpha value is -0.120. The first-order valence-corrected chi connectivity index (χ1v) is 6.52. The van der Waals surface area contributed by atoms with Crippen LogP contribution in [0.4, 0.5) is 0 Å². The van der Waals surface area contributed by atoms with Gasteiger partial charge in [-0.2, -0.15) is 0 Å². The second kappa shape index (κ2) is 6.58. The lowest BCUT2D eigenvalue weighted by Crippen LogP contribution is -2.47. The van der Waals surface area contributed by atoms with Crippen LogP contribution in [0.3, 0.4) is 0 Å². The average molecular weight is 228 g/mol. The fourth-order valence-electron chi connectivity index (χ4n) is 1.81. The van der Waals surface area contributed by atoms with Gasteiger partial charge in [-0.25, -0.2) is 0 Å². The van der Waals surface area contributed by atoms with Gasteiger partial charge in [0.25, 0.3) is 0 Å². The molecule has 1 aliphatic heterocycles. The molecule has 0 amide bonds. The van der Waals surface area contributed by atoms with Crippen LogP contribution in [0, 0.1) is 5.41 Å². The number of nitrogens with one attached hydrogen (secondary N) is 1. The van der Waals surface area contributed by atoms with Crippen LogP contribution in [-0.2, 0) is 4.74 Å². The van der Waals surface area contributed by atoms with Gasteiger partial charge in [0.15, 0.2) is 0 Å². The Labute approximate surface area is 101 Å². The third kappa shape index (κ3) is 4.81. The predicted octanol–water partition coefficient (Wildman–Crippen LogP) is 1.73. The quantitative estimate of drug-likeness (QED) is 0.640. The number of ether oxygens (including phenoxy) is 1. The lowest BCUT2D eigenvalue weighted by atomic mass is 9.89. The van der Waals surface area contributed by atoms with Crippen molar-refractivity contribution >= 4 is 0 Å². The van der Waals surface area contributed by atoms with Gasteiger partial charge in [-0.1, -0.05) is 6.92 Å². The van der Waals surface area contributed by atoms with Crippen molar-refractivity contribution in [3.05, 3.63) is 0 Å². The Morgan fingerprint density at radius 1 is 1.31 bits per heavy atom. The minimum absolute atomic E-state index is 0.411. The van der Waals surface area contributed by atoms with E-state index in [1.807, 2.05) is 0 Å². The lowest BCUT2D eigenvalue weighted by Gasteiger charge is -2.38. The molecule has 0 aromatic heterocycles. The molecule has 0 aliphatic carbocycles. The van der Waals surface area contributed by atoms with E-state index in [-0.39, 0.29) is 0 Å². The number of nitrogens with zero attached hydrogens (tertiary/aromatic N) is 1. The van der Waals surface area contributed by atoms with E-state index in [2.05, 4.69) is 38.0 Å². The zero-order valence-electron chi connectivity index (χ0n) is 11.4. The first kappa shape index (κ1) is 13.9. The zero-order chi connectivity index (χ0) is 12.0. The molecule has 1 saturated heterocycles. The third-order valence-corrected chi connectivity index (χ3v) is 3.45. The van der Waals surface area contributed by atoms with Crippen LogP contribution < -0.4 is 5.32 Å².